The third kappa shape index (κ3) is 5.69. The first kappa shape index (κ1) is 24.8. The summed E-state index contributed by atoms with van der Waals surface area (Å²) in [6.07, 6.45) is 0. The van der Waals surface area contributed by atoms with Crippen molar-refractivity contribution in [2.75, 3.05) is 26.2 Å². The third-order valence-electron chi connectivity index (χ3n) is 7.34. The molecule has 5 aromatic rings. The van der Waals surface area contributed by atoms with Gasteiger partial charge in [-0.25, -0.2) is 4.98 Å². The third-order valence-corrected chi connectivity index (χ3v) is 7.34. The minimum atomic E-state index is 0.0633. The Morgan fingerprint density at radius 2 is 1.31 bits per heavy atom. The normalized spacial score (nSPS) is 14.0. The second-order valence-corrected chi connectivity index (χ2v) is 9.86. The van der Waals surface area contributed by atoms with Crippen molar-refractivity contribution in [2.24, 2.45) is 0 Å². The minimum absolute atomic E-state index is 0.0633. The molecule has 0 atom stereocenters. The quantitative estimate of drug-likeness (QED) is 0.254. The Balaban J connectivity index is 1.07. The molecule has 1 fully saturated rings. The monoisotopic (exact) mass is 513 g/mol. The molecule has 4 aromatic carbocycles. The molecule has 0 aliphatic carbocycles. The number of rotatable bonds is 7. The molecule has 0 bridgehead atoms. The number of benzene rings is 4. The Bertz CT molecular complexity index is 1490. The lowest BCUT2D eigenvalue weighted by atomic mass is 9.96. The van der Waals surface area contributed by atoms with Gasteiger partial charge in [-0.15, -0.1) is 0 Å². The predicted octanol–water partition coefficient (Wildman–Crippen LogP) is 6.36. The number of hydrogen-bond donors (Lipinski definition) is 0. The number of carbonyl (C=O) groups excluding carboxylic acids is 1. The molecule has 5 nitrogen and oxygen atoms in total. The van der Waals surface area contributed by atoms with Crippen LogP contribution in [0.1, 0.15) is 33.2 Å². The van der Waals surface area contributed by atoms with Gasteiger partial charge in [-0.3, -0.25) is 9.69 Å². The molecular formula is C34H31N3O2. The first-order valence-electron chi connectivity index (χ1n) is 13.5. The number of amides is 1. The fourth-order valence-electron chi connectivity index (χ4n) is 5.29. The van der Waals surface area contributed by atoms with Crippen molar-refractivity contribution in [1.29, 1.82) is 0 Å². The molecular weight excluding hydrogens is 482 g/mol. The number of fused-ring (bicyclic) bond motifs is 1. The maximum Gasteiger partial charge on any atom is 0.253 e. The maximum absolute atomic E-state index is 13.3. The molecule has 194 valence electrons. The van der Waals surface area contributed by atoms with Crippen LogP contribution in [0.5, 0.6) is 5.75 Å². The van der Waals surface area contributed by atoms with Gasteiger partial charge < -0.3 is 9.64 Å². The van der Waals surface area contributed by atoms with E-state index in [4.69, 9.17) is 4.74 Å². The minimum Gasteiger partial charge on any atom is -0.487 e. The van der Waals surface area contributed by atoms with Crippen LogP contribution in [0.25, 0.3) is 10.9 Å². The van der Waals surface area contributed by atoms with Gasteiger partial charge >= 0.3 is 0 Å². The molecule has 2 heterocycles. The van der Waals surface area contributed by atoms with Crippen molar-refractivity contribution in [2.45, 2.75) is 12.6 Å². The summed E-state index contributed by atoms with van der Waals surface area (Å²) in [5.74, 6) is 0.785. The summed E-state index contributed by atoms with van der Waals surface area (Å²) >= 11 is 0. The lowest BCUT2D eigenvalue weighted by Gasteiger charge is -2.39. The Labute approximate surface area is 229 Å². The molecule has 39 heavy (non-hydrogen) atoms. The van der Waals surface area contributed by atoms with Crippen molar-refractivity contribution < 1.29 is 9.53 Å². The van der Waals surface area contributed by atoms with E-state index >= 15 is 0 Å². The molecule has 6 rings (SSSR count). The summed E-state index contributed by atoms with van der Waals surface area (Å²) in [4.78, 5) is 22.4. The van der Waals surface area contributed by atoms with E-state index in [0.717, 1.165) is 35.4 Å². The molecule has 0 saturated carbocycles. The van der Waals surface area contributed by atoms with Crippen LogP contribution in [-0.4, -0.2) is 46.9 Å². The van der Waals surface area contributed by atoms with Gasteiger partial charge in [0.15, 0.2) is 0 Å². The zero-order chi connectivity index (χ0) is 26.4. The first-order chi connectivity index (χ1) is 19.2. The van der Waals surface area contributed by atoms with Gasteiger partial charge in [0.25, 0.3) is 5.91 Å². The Kier molecular flexibility index (Phi) is 7.32. The molecule has 1 aliphatic heterocycles. The van der Waals surface area contributed by atoms with Gasteiger partial charge in [-0.05, 0) is 47.5 Å². The van der Waals surface area contributed by atoms with Gasteiger partial charge in [0.2, 0.25) is 0 Å². The fourth-order valence-corrected chi connectivity index (χ4v) is 5.29. The Morgan fingerprint density at radius 3 is 1.97 bits per heavy atom. The van der Waals surface area contributed by atoms with Crippen molar-refractivity contribution in [1.82, 2.24) is 14.8 Å². The van der Waals surface area contributed by atoms with Gasteiger partial charge in [0.05, 0.1) is 17.3 Å². The topological polar surface area (TPSA) is 45.7 Å². The van der Waals surface area contributed by atoms with E-state index in [2.05, 4.69) is 76.6 Å². The summed E-state index contributed by atoms with van der Waals surface area (Å²) in [7, 11) is 0. The largest absolute Gasteiger partial charge is 0.487 e. The van der Waals surface area contributed by atoms with Crippen LogP contribution in [0.3, 0.4) is 0 Å². The number of piperazine rings is 1. The average Bonchev–Trinajstić information content (AvgIpc) is 3.01. The molecule has 1 aliphatic rings. The van der Waals surface area contributed by atoms with Crippen LogP contribution < -0.4 is 4.74 Å². The van der Waals surface area contributed by atoms with Gasteiger partial charge in [-0.1, -0.05) is 84.9 Å². The van der Waals surface area contributed by atoms with E-state index in [0.29, 0.717) is 25.3 Å². The van der Waals surface area contributed by atoms with Gasteiger partial charge in [0, 0.05) is 37.1 Å². The van der Waals surface area contributed by atoms with Crippen LogP contribution in [0.15, 0.2) is 121 Å². The maximum atomic E-state index is 13.3. The molecule has 0 N–H and O–H groups in total. The molecule has 1 amide bonds. The number of hydrogen-bond acceptors (Lipinski definition) is 4. The SMILES string of the molecule is O=C(c1ccc(OCc2ccc3ccccc3n2)cc1)N1CCN(C(c2ccccc2)c2ccccc2)CC1. The van der Waals surface area contributed by atoms with Gasteiger partial charge in [0.1, 0.15) is 12.4 Å². The van der Waals surface area contributed by atoms with Crippen LogP contribution in [0.2, 0.25) is 0 Å². The van der Waals surface area contributed by atoms with Crippen LogP contribution >= 0.6 is 0 Å². The van der Waals surface area contributed by atoms with Gasteiger partial charge in [-0.2, -0.15) is 0 Å². The molecule has 0 spiro atoms. The number of carbonyl (C=O) groups is 1. The average molecular weight is 514 g/mol. The van der Waals surface area contributed by atoms with Crippen molar-refractivity contribution in [3.8, 4) is 5.75 Å². The first-order valence-corrected chi connectivity index (χ1v) is 13.5. The molecule has 0 unspecified atom stereocenters. The van der Waals surface area contributed by atoms with E-state index in [1.54, 1.807) is 0 Å². The van der Waals surface area contributed by atoms with E-state index in [9.17, 15) is 4.79 Å². The lowest BCUT2D eigenvalue weighted by molar-refractivity contribution is 0.0597. The van der Waals surface area contributed by atoms with Crippen LogP contribution in [0, 0.1) is 0 Å². The van der Waals surface area contributed by atoms with E-state index < -0.39 is 0 Å². The molecule has 0 radical (unpaired) electrons. The Hall–Kier alpha value is -4.48. The second kappa shape index (κ2) is 11.5. The van der Waals surface area contributed by atoms with Crippen molar-refractivity contribution in [3.05, 3.63) is 144 Å². The molecule has 1 saturated heterocycles. The highest BCUT2D eigenvalue weighted by atomic mass is 16.5. The van der Waals surface area contributed by atoms with E-state index in [1.807, 2.05) is 59.5 Å². The summed E-state index contributed by atoms with van der Waals surface area (Å²) in [5.41, 5.74) is 5.06. The smallest absolute Gasteiger partial charge is 0.253 e. The highest BCUT2D eigenvalue weighted by molar-refractivity contribution is 5.94. The van der Waals surface area contributed by atoms with E-state index in [1.165, 1.54) is 11.1 Å². The van der Waals surface area contributed by atoms with Crippen LogP contribution in [0.4, 0.5) is 0 Å². The standard InChI is InChI=1S/C34H31N3O2/c38-34(29-16-19-31(20-17-29)39-25-30-18-15-26-9-7-8-14-32(26)35-30)37-23-21-36(22-24-37)33(27-10-3-1-4-11-27)28-12-5-2-6-13-28/h1-20,33H,21-25H2. The fraction of sp³-hybridized carbons (Fsp3) is 0.176. The summed E-state index contributed by atoms with van der Waals surface area (Å²) in [5, 5.41) is 1.11. The number of para-hydroxylation sites is 1. The lowest BCUT2D eigenvalue weighted by Crippen LogP contribution is -2.49. The molecule has 5 heteroatoms. The zero-order valence-electron chi connectivity index (χ0n) is 21.8. The van der Waals surface area contributed by atoms with Crippen molar-refractivity contribution in [3.63, 3.8) is 0 Å². The summed E-state index contributed by atoms with van der Waals surface area (Å²) < 4.78 is 5.95. The highest BCUT2D eigenvalue weighted by Gasteiger charge is 2.28. The van der Waals surface area contributed by atoms with Crippen molar-refractivity contribution >= 4 is 16.8 Å². The zero-order valence-corrected chi connectivity index (χ0v) is 21.8. The molecule has 1 aromatic heterocycles. The van der Waals surface area contributed by atoms with E-state index in [-0.39, 0.29) is 11.9 Å². The number of ether oxygens (including phenoxy) is 1. The van der Waals surface area contributed by atoms with Crippen LogP contribution in [-0.2, 0) is 6.61 Å². The predicted molar refractivity (Wildman–Crippen MR) is 155 cm³/mol. The summed E-state index contributed by atoms with van der Waals surface area (Å²) in [6.45, 7) is 3.41. The number of nitrogens with zero attached hydrogens (tertiary/aromatic N) is 3. The number of pyridine rings is 1. The highest BCUT2D eigenvalue weighted by Crippen LogP contribution is 2.29. The number of aromatic nitrogens is 1. The summed E-state index contributed by atoms with van der Waals surface area (Å²) in [6, 6.07) is 41.0. The Morgan fingerprint density at radius 1 is 0.692 bits per heavy atom. The second-order valence-electron chi connectivity index (χ2n) is 9.86.